The van der Waals surface area contributed by atoms with Gasteiger partial charge in [0.25, 0.3) is 5.56 Å². The first-order valence-electron chi connectivity index (χ1n) is 8.00. The quantitative estimate of drug-likeness (QED) is 0.574. The Balaban J connectivity index is 1.78. The first-order valence-corrected chi connectivity index (χ1v) is 8.00. The lowest BCUT2D eigenvalue weighted by molar-refractivity contribution is 0.550. The molecule has 0 unspecified atom stereocenters. The highest BCUT2D eigenvalue weighted by molar-refractivity contribution is 5.79. The minimum absolute atomic E-state index is 0.187. The Hall–Kier alpha value is -3.21. The molecule has 0 radical (unpaired) electrons. The van der Waals surface area contributed by atoms with Gasteiger partial charge in [0.15, 0.2) is 0 Å². The first kappa shape index (κ1) is 15.3. The highest BCUT2D eigenvalue weighted by Gasteiger charge is 2.10. The maximum absolute atomic E-state index is 14.1. The zero-order valence-electron chi connectivity index (χ0n) is 13.7. The molecule has 4 rings (SSSR count). The molecule has 0 saturated heterocycles. The molecule has 0 spiro atoms. The number of hydrogen-bond donors (Lipinski definition) is 0. The first-order chi connectivity index (χ1) is 12.1. The minimum atomic E-state index is -0.376. The van der Waals surface area contributed by atoms with Gasteiger partial charge in [-0.25, -0.2) is 9.07 Å². The molecule has 4 nitrogen and oxygen atoms in total. The van der Waals surface area contributed by atoms with Gasteiger partial charge in [-0.3, -0.25) is 14.5 Å². The van der Waals surface area contributed by atoms with Gasteiger partial charge in [0.1, 0.15) is 5.82 Å². The van der Waals surface area contributed by atoms with Crippen molar-refractivity contribution in [3.05, 3.63) is 94.3 Å². The third-order valence-electron chi connectivity index (χ3n) is 4.20. The van der Waals surface area contributed by atoms with Gasteiger partial charge in [-0.05, 0) is 42.8 Å². The lowest BCUT2D eigenvalue weighted by Crippen LogP contribution is -2.23. The number of aromatic nitrogens is 3. The van der Waals surface area contributed by atoms with Crippen LogP contribution in [0.25, 0.3) is 16.6 Å². The van der Waals surface area contributed by atoms with Crippen molar-refractivity contribution >= 4 is 10.9 Å². The van der Waals surface area contributed by atoms with E-state index in [9.17, 15) is 9.18 Å². The Labute approximate surface area is 143 Å². The fraction of sp³-hybridized carbons (Fsp3) is 0.100. The van der Waals surface area contributed by atoms with Crippen molar-refractivity contribution < 1.29 is 4.39 Å². The zero-order valence-corrected chi connectivity index (χ0v) is 13.7. The van der Waals surface area contributed by atoms with Crippen LogP contribution in [0.15, 0.2) is 71.8 Å². The van der Waals surface area contributed by atoms with Crippen LogP contribution in [0, 0.1) is 12.7 Å². The summed E-state index contributed by atoms with van der Waals surface area (Å²) in [6, 6.07) is 15.9. The normalized spacial score (nSPS) is 11.1. The number of nitrogens with zero attached hydrogens (tertiary/aromatic N) is 3. The summed E-state index contributed by atoms with van der Waals surface area (Å²) < 4.78 is 17.1. The van der Waals surface area contributed by atoms with E-state index >= 15 is 0 Å². The van der Waals surface area contributed by atoms with Gasteiger partial charge in [0, 0.05) is 23.8 Å². The second-order valence-corrected chi connectivity index (χ2v) is 6.05. The van der Waals surface area contributed by atoms with Crippen LogP contribution in [-0.4, -0.2) is 14.3 Å². The lowest BCUT2D eigenvalue weighted by Gasteiger charge is -2.13. The SMILES string of the molecule is Cc1ccc2ncc(Cn3c(=O)ccn3-c3ccccc3F)cc2c1. The van der Waals surface area contributed by atoms with Gasteiger partial charge >= 0.3 is 0 Å². The predicted octanol–water partition coefficient (Wildman–Crippen LogP) is 3.68. The molecule has 0 amide bonds. The van der Waals surface area contributed by atoms with Crippen LogP contribution in [-0.2, 0) is 6.54 Å². The highest BCUT2D eigenvalue weighted by atomic mass is 19.1. The molecule has 2 aromatic heterocycles. The highest BCUT2D eigenvalue weighted by Crippen LogP contribution is 2.17. The number of aryl methyl sites for hydroxylation is 1. The Morgan fingerprint density at radius 3 is 2.76 bits per heavy atom. The van der Waals surface area contributed by atoms with Gasteiger partial charge in [0.2, 0.25) is 0 Å². The second-order valence-electron chi connectivity index (χ2n) is 6.05. The molecule has 2 heterocycles. The molecule has 0 aliphatic heterocycles. The summed E-state index contributed by atoms with van der Waals surface area (Å²) in [7, 11) is 0. The summed E-state index contributed by atoms with van der Waals surface area (Å²) in [5.74, 6) is -0.376. The van der Waals surface area contributed by atoms with Crippen LogP contribution in [0.5, 0.6) is 0 Å². The molecule has 0 saturated carbocycles. The van der Waals surface area contributed by atoms with Crippen LogP contribution in [0.2, 0.25) is 0 Å². The summed E-state index contributed by atoms with van der Waals surface area (Å²) in [6.45, 7) is 2.34. The fourth-order valence-electron chi connectivity index (χ4n) is 2.97. The lowest BCUT2D eigenvalue weighted by atomic mass is 10.1. The van der Waals surface area contributed by atoms with E-state index in [1.165, 1.54) is 21.5 Å². The Morgan fingerprint density at radius 2 is 1.92 bits per heavy atom. The average molecular weight is 333 g/mol. The van der Waals surface area contributed by atoms with Crippen molar-refractivity contribution in [3.8, 4) is 5.69 Å². The van der Waals surface area contributed by atoms with E-state index in [-0.39, 0.29) is 11.4 Å². The minimum Gasteiger partial charge on any atom is -0.268 e. The van der Waals surface area contributed by atoms with Crippen LogP contribution in [0.3, 0.4) is 0 Å². The van der Waals surface area contributed by atoms with Gasteiger partial charge in [0.05, 0.1) is 17.7 Å². The summed E-state index contributed by atoms with van der Waals surface area (Å²) in [4.78, 5) is 16.7. The zero-order chi connectivity index (χ0) is 17.4. The molecule has 0 aliphatic carbocycles. The number of halogens is 1. The summed E-state index contributed by atoms with van der Waals surface area (Å²) in [6.07, 6.45) is 3.34. The number of para-hydroxylation sites is 1. The Kier molecular flexibility index (Phi) is 3.69. The van der Waals surface area contributed by atoms with Gasteiger partial charge in [-0.1, -0.05) is 23.8 Å². The molecule has 5 heteroatoms. The van der Waals surface area contributed by atoms with E-state index in [1.807, 2.05) is 25.1 Å². The van der Waals surface area contributed by atoms with Crippen LogP contribution >= 0.6 is 0 Å². The number of rotatable bonds is 3. The number of pyridine rings is 1. The van der Waals surface area contributed by atoms with E-state index in [0.717, 1.165) is 22.0 Å². The van der Waals surface area contributed by atoms with E-state index in [1.54, 1.807) is 30.6 Å². The van der Waals surface area contributed by atoms with E-state index in [2.05, 4.69) is 11.1 Å². The molecule has 0 atom stereocenters. The summed E-state index contributed by atoms with van der Waals surface area (Å²) in [5.41, 5.74) is 3.10. The Morgan fingerprint density at radius 1 is 1.08 bits per heavy atom. The van der Waals surface area contributed by atoms with Crippen molar-refractivity contribution in [2.75, 3.05) is 0 Å². The average Bonchev–Trinajstić information content (AvgIpc) is 2.96. The fourth-order valence-corrected chi connectivity index (χ4v) is 2.97. The van der Waals surface area contributed by atoms with Gasteiger partial charge in [-0.2, -0.15) is 0 Å². The summed E-state index contributed by atoms with van der Waals surface area (Å²) >= 11 is 0. The standard InChI is InChI=1S/C20H16FN3O/c1-14-6-7-18-16(10-14)11-15(12-22-18)13-24-20(25)8-9-23(24)19-5-3-2-4-17(19)21/h2-12H,13H2,1H3. The van der Waals surface area contributed by atoms with Crippen LogP contribution in [0.4, 0.5) is 4.39 Å². The third-order valence-corrected chi connectivity index (χ3v) is 4.20. The summed E-state index contributed by atoms with van der Waals surface area (Å²) in [5, 5.41) is 1.02. The van der Waals surface area contributed by atoms with Gasteiger partial charge < -0.3 is 0 Å². The monoisotopic (exact) mass is 333 g/mol. The van der Waals surface area contributed by atoms with Crippen LogP contribution < -0.4 is 5.56 Å². The number of hydrogen-bond acceptors (Lipinski definition) is 2. The molecular formula is C20H16FN3O. The molecule has 25 heavy (non-hydrogen) atoms. The molecule has 0 bridgehead atoms. The largest absolute Gasteiger partial charge is 0.268 e. The van der Waals surface area contributed by atoms with E-state index in [4.69, 9.17) is 0 Å². The molecule has 124 valence electrons. The molecule has 2 aromatic carbocycles. The number of fused-ring (bicyclic) bond motifs is 1. The van der Waals surface area contributed by atoms with Gasteiger partial charge in [-0.15, -0.1) is 0 Å². The second kappa shape index (κ2) is 6.02. The van der Waals surface area contributed by atoms with Crippen molar-refractivity contribution in [1.29, 1.82) is 0 Å². The van der Waals surface area contributed by atoms with Crippen molar-refractivity contribution in [2.24, 2.45) is 0 Å². The van der Waals surface area contributed by atoms with Crippen LogP contribution in [0.1, 0.15) is 11.1 Å². The topological polar surface area (TPSA) is 39.8 Å². The van der Waals surface area contributed by atoms with Crippen molar-refractivity contribution in [2.45, 2.75) is 13.5 Å². The molecule has 0 aliphatic rings. The maximum atomic E-state index is 14.1. The third kappa shape index (κ3) is 2.85. The molecule has 0 N–H and O–H groups in total. The Bertz CT molecular complexity index is 1130. The van der Waals surface area contributed by atoms with Crippen molar-refractivity contribution in [1.82, 2.24) is 14.3 Å². The molecule has 4 aromatic rings. The van der Waals surface area contributed by atoms with E-state index < -0.39 is 0 Å². The van der Waals surface area contributed by atoms with E-state index in [0.29, 0.717) is 12.2 Å². The molecular weight excluding hydrogens is 317 g/mol. The van der Waals surface area contributed by atoms with Crippen molar-refractivity contribution in [3.63, 3.8) is 0 Å². The number of benzene rings is 2. The molecule has 0 fully saturated rings. The predicted molar refractivity (Wildman–Crippen MR) is 95.6 cm³/mol. The smallest absolute Gasteiger partial charge is 0.267 e. The maximum Gasteiger partial charge on any atom is 0.267 e.